The van der Waals surface area contributed by atoms with E-state index >= 15 is 0 Å². The van der Waals surface area contributed by atoms with Gasteiger partial charge in [-0.15, -0.1) is 0 Å². The third-order valence-electron chi connectivity index (χ3n) is 7.37. The van der Waals surface area contributed by atoms with Crippen molar-refractivity contribution in [3.05, 3.63) is 182 Å². The van der Waals surface area contributed by atoms with E-state index in [9.17, 15) is 0 Å². The van der Waals surface area contributed by atoms with Crippen molar-refractivity contribution in [1.82, 2.24) is 0 Å². The van der Waals surface area contributed by atoms with Gasteiger partial charge in [0, 0.05) is 0 Å². The van der Waals surface area contributed by atoms with Crippen molar-refractivity contribution in [1.29, 1.82) is 0 Å². The standard InChI is InChI=1S/C36H30GeO2Si/c1-7-19-31(20-8-1)37(32-21-9-2-10-22-32,33-23-11-3-12-24-33)38-39-40(34-25-13-4-14-26-34,35-27-15-5-16-28-35)36-29-17-6-18-30-36/h1-30H. The number of hydrogen-bond donors (Lipinski definition) is 0. The van der Waals surface area contributed by atoms with Crippen LogP contribution in [0.1, 0.15) is 0 Å². The van der Waals surface area contributed by atoms with Crippen molar-refractivity contribution in [3.63, 3.8) is 0 Å². The van der Waals surface area contributed by atoms with Gasteiger partial charge in [-0.25, -0.2) is 0 Å². The Kier molecular flexibility index (Phi) is 7.89. The van der Waals surface area contributed by atoms with Gasteiger partial charge in [0.15, 0.2) is 0 Å². The molecule has 6 aromatic rings. The fourth-order valence-electron chi connectivity index (χ4n) is 5.45. The molecular weight excluding hydrogens is 565 g/mol. The van der Waals surface area contributed by atoms with Crippen molar-refractivity contribution in [3.8, 4) is 0 Å². The number of benzene rings is 6. The van der Waals surface area contributed by atoms with E-state index in [2.05, 4.69) is 182 Å². The quantitative estimate of drug-likeness (QED) is 0.108. The summed E-state index contributed by atoms with van der Waals surface area (Å²) >= 11 is -3.86. The van der Waals surface area contributed by atoms with Crippen LogP contribution in [0, 0.1) is 0 Å². The van der Waals surface area contributed by atoms with Crippen LogP contribution in [0.15, 0.2) is 182 Å². The maximum absolute atomic E-state index is 7.27. The topological polar surface area (TPSA) is 18.5 Å². The Morgan fingerprint density at radius 2 is 0.575 bits per heavy atom. The molecule has 0 heterocycles. The van der Waals surface area contributed by atoms with Crippen LogP contribution < -0.4 is 28.7 Å². The fraction of sp³-hybridized carbons (Fsp3) is 0. The van der Waals surface area contributed by atoms with Crippen LogP contribution in [0.25, 0.3) is 0 Å². The van der Waals surface area contributed by atoms with Gasteiger partial charge in [-0.1, -0.05) is 0 Å². The van der Waals surface area contributed by atoms with Crippen LogP contribution in [-0.2, 0) is 8.49 Å². The van der Waals surface area contributed by atoms with Crippen molar-refractivity contribution in [2.24, 2.45) is 0 Å². The summed E-state index contributed by atoms with van der Waals surface area (Å²) in [6.45, 7) is 0. The molecule has 0 fully saturated rings. The van der Waals surface area contributed by atoms with Crippen LogP contribution in [-0.4, -0.2) is 21.9 Å². The third kappa shape index (κ3) is 4.89. The molecule has 6 aromatic carbocycles. The molecule has 194 valence electrons. The van der Waals surface area contributed by atoms with Gasteiger partial charge in [-0.2, -0.15) is 0 Å². The summed E-state index contributed by atoms with van der Waals surface area (Å²) in [4.78, 5) is 0. The third-order valence-corrected chi connectivity index (χ3v) is 19.4. The van der Waals surface area contributed by atoms with Crippen LogP contribution in [0.4, 0.5) is 0 Å². The molecular formula is C36H30GeO2Si. The van der Waals surface area contributed by atoms with Crippen molar-refractivity contribution >= 4 is 50.7 Å². The molecule has 0 atom stereocenters. The van der Waals surface area contributed by atoms with Crippen LogP contribution in [0.5, 0.6) is 0 Å². The predicted octanol–water partition coefficient (Wildman–Crippen LogP) is 4.27. The zero-order valence-electron chi connectivity index (χ0n) is 22.1. The van der Waals surface area contributed by atoms with E-state index in [0.717, 1.165) is 15.6 Å². The Balaban J connectivity index is 1.62. The monoisotopic (exact) mass is 596 g/mol. The van der Waals surface area contributed by atoms with E-state index in [0.29, 0.717) is 0 Å². The molecule has 4 heteroatoms. The molecule has 40 heavy (non-hydrogen) atoms. The molecule has 0 radical (unpaired) electrons. The summed E-state index contributed by atoms with van der Waals surface area (Å²) < 4.78 is 18.0. The summed E-state index contributed by atoms with van der Waals surface area (Å²) in [7, 11) is -3.11. The van der Waals surface area contributed by atoms with Gasteiger partial charge >= 0.3 is 241 Å². The molecule has 0 aliphatic rings. The van der Waals surface area contributed by atoms with Crippen LogP contribution in [0.2, 0.25) is 0 Å². The van der Waals surface area contributed by atoms with E-state index in [4.69, 9.17) is 8.49 Å². The molecule has 0 bridgehead atoms. The Hall–Kier alpha value is -4.00. The number of rotatable bonds is 9. The summed E-state index contributed by atoms with van der Waals surface area (Å²) in [5.74, 6) is 0. The van der Waals surface area contributed by atoms with Crippen molar-refractivity contribution in [2.45, 2.75) is 0 Å². The van der Waals surface area contributed by atoms with Crippen molar-refractivity contribution in [2.75, 3.05) is 0 Å². The van der Waals surface area contributed by atoms with Crippen LogP contribution >= 0.6 is 0 Å². The zero-order chi connectivity index (χ0) is 27.1. The molecule has 0 N–H and O–H groups in total. The van der Waals surface area contributed by atoms with E-state index in [1.54, 1.807) is 0 Å². The Morgan fingerprint density at radius 1 is 0.325 bits per heavy atom. The molecule has 0 spiro atoms. The van der Waals surface area contributed by atoms with Gasteiger partial charge in [0.05, 0.1) is 0 Å². The molecule has 0 aliphatic carbocycles. The van der Waals surface area contributed by atoms with Gasteiger partial charge < -0.3 is 0 Å². The molecule has 0 aromatic heterocycles. The normalized spacial score (nSPS) is 11.7. The first-order chi connectivity index (χ1) is 19.8. The Morgan fingerprint density at radius 3 is 0.850 bits per heavy atom. The first-order valence-electron chi connectivity index (χ1n) is 13.5. The Bertz CT molecular complexity index is 1300. The van der Waals surface area contributed by atoms with Gasteiger partial charge in [-0.05, 0) is 0 Å². The van der Waals surface area contributed by atoms with Crippen LogP contribution in [0.3, 0.4) is 0 Å². The number of hydrogen-bond acceptors (Lipinski definition) is 2. The Labute approximate surface area is 240 Å². The van der Waals surface area contributed by atoms with Gasteiger partial charge in [-0.3, -0.25) is 0 Å². The van der Waals surface area contributed by atoms with E-state index < -0.39 is 21.9 Å². The maximum atomic E-state index is 7.27. The molecule has 0 amide bonds. The molecule has 0 unspecified atom stereocenters. The van der Waals surface area contributed by atoms with Gasteiger partial charge in [0.25, 0.3) is 0 Å². The summed E-state index contributed by atoms with van der Waals surface area (Å²) in [5, 5.41) is 3.41. The first kappa shape index (κ1) is 26.2. The second kappa shape index (κ2) is 12.0. The molecule has 0 saturated heterocycles. The molecule has 0 saturated carbocycles. The fourth-order valence-corrected chi connectivity index (χ4v) is 17.4. The SMILES string of the molecule is c1ccc([Si](O[O][Ge]([c]2ccccc2)([c]2ccccc2)[c]2ccccc2)(c2ccccc2)c2ccccc2)cc1. The summed E-state index contributed by atoms with van der Waals surface area (Å²) in [5.41, 5.74) is 0. The minimum absolute atomic E-state index is 1.14. The average Bonchev–Trinajstić information content (AvgIpc) is 3.06. The van der Waals surface area contributed by atoms with E-state index in [1.165, 1.54) is 13.2 Å². The molecule has 6 rings (SSSR count). The molecule has 2 nitrogen and oxygen atoms in total. The van der Waals surface area contributed by atoms with Crippen molar-refractivity contribution < 1.29 is 8.49 Å². The predicted molar refractivity (Wildman–Crippen MR) is 170 cm³/mol. The molecule has 0 aliphatic heterocycles. The average molecular weight is 595 g/mol. The summed E-state index contributed by atoms with van der Waals surface area (Å²) in [6, 6.07) is 63.7. The van der Waals surface area contributed by atoms with Gasteiger partial charge in [0.2, 0.25) is 0 Å². The minimum atomic E-state index is -3.86. The second-order valence-electron chi connectivity index (χ2n) is 9.73. The van der Waals surface area contributed by atoms with E-state index in [1.807, 2.05) is 0 Å². The second-order valence-corrected chi connectivity index (χ2v) is 19.8. The van der Waals surface area contributed by atoms with E-state index in [-0.39, 0.29) is 0 Å². The first-order valence-corrected chi connectivity index (χ1v) is 19.5. The van der Waals surface area contributed by atoms with Gasteiger partial charge in [0.1, 0.15) is 0 Å². The zero-order valence-corrected chi connectivity index (χ0v) is 25.2. The summed E-state index contributed by atoms with van der Waals surface area (Å²) in [6.07, 6.45) is 0.